The van der Waals surface area contributed by atoms with E-state index in [-0.39, 0.29) is 24.0 Å². The summed E-state index contributed by atoms with van der Waals surface area (Å²) in [6, 6.07) is 9.48. The summed E-state index contributed by atoms with van der Waals surface area (Å²) >= 11 is 0. The first kappa shape index (κ1) is 25.9. The average Bonchev–Trinajstić information content (AvgIpc) is 3.55. The average molecular weight is 524 g/mol. The Morgan fingerprint density at radius 1 is 1.05 bits per heavy atom. The lowest BCUT2D eigenvalue weighted by molar-refractivity contribution is -0.140. The third kappa shape index (κ3) is 5.03. The third-order valence-electron chi connectivity index (χ3n) is 7.04. The zero-order valence-electron chi connectivity index (χ0n) is 21.7. The van der Waals surface area contributed by atoms with Crippen LogP contribution in [0.25, 0.3) is 5.76 Å². The van der Waals surface area contributed by atoms with E-state index in [0.717, 1.165) is 25.7 Å². The molecule has 1 amide bonds. The fourth-order valence-electron chi connectivity index (χ4n) is 5.07. The van der Waals surface area contributed by atoms with Crippen LogP contribution in [-0.2, 0) is 14.3 Å². The lowest BCUT2D eigenvalue weighted by Crippen LogP contribution is -2.36. The number of aliphatic hydroxyl groups is 1. The van der Waals surface area contributed by atoms with Crippen molar-refractivity contribution in [3.8, 4) is 23.0 Å². The minimum absolute atomic E-state index is 0.00591. The number of carbonyl (C=O) groups is 2. The van der Waals surface area contributed by atoms with E-state index in [1.54, 1.807) is 43.5 Å². The third-order valence-corrected chi connectivity index (χ3v) is 7.04. The quantitative estimate of drug-likeness (QED) is 0.225. The molecule has 1 N–H and O–H groups in total. The van der Waals surface area contributed by atoms with Crippen LogP contribution in [0.5, 0.6) is 23.0 Å². The molecule has 3 aliphatic heterocycles. The lowest BCUT2D eigenvalue weighted by atomic mass is 9.94. The van der Waals surface area contributed by atoms with Crippen LogP contribution in [0.4, 0.5) is 0 Å². The number of fused-ring (bicyclic) bond motifs is 1. The summed E-state index contributed by atoms with van der Waals surface area (Å²) in [5.74, 6) is 0.400. The molecule has 2 saturated heterocycles. The van der Waals surface area contributed by atoms with E-state index >= 15 is 0 Å². The maximum Gasteiger partial charge on any atom is 0.295 e. The Balaban J connectivity index is 1.57. The first-order valence-corrected chi connectivity index (χ1v) is 13.1. The summed E-state index contributed by atoms with van der Waals surface area (Å²) in [5.41, 5.74) is 0.994. The number of hydrogen-bond acceptors (Lipinski definition) is 8. The minimum atomic E-state index is -0.828. The predicted molar refractivity (Wildman–Crippen MR) is 139 cm³/mol. The molecule has 0 aliphatic carbocycles. The van der Waals surface area contributed by atoms with Crippen molar-refractivity contribution in [1.82, 2.24) is 4.90 Å². The van der Waals surface area contributed by atoms with Crippen molar-refractivity contribution in [2.75, 3.05) is 40.1 Å². The van der Waals surface area contributed by atoms with Gasteiger partial charge in [0.1, 0.15) is 19.0 Å². The van der Waals surface area contributed by atoms with Gasteiger partial charge < -0.3 is 33.7 Å². The molecule has 3 heterocycles. The number of benzene rings is 2. The zero-order chi connectivity index (χ0) is 26.6. The molecule has 0 saturated carbocycles. The van der Waals surface area contributed by atoms with Crippen LogP contribution in [0, 0.1) is 0 Å². The van der Waals surface area contributed by atoms with E-state index in [0.29, 0.717) is 60.6 Å². The molecule has 0 spiro atoms. The molecule has 38 heavy (non-hydrogen) atoms. The number of rotatable bonds is 9. The van der Waals surface area contributed by atoms with Crippen molar-refractivity contribution in [2.45, 2.75) is 44.8 Å². The summed E-state index contributed by atoms with van der Waals surface area (Å²) in [5, 5.41) is 11.4. The molecule has 0 aromatic heterocycles. The molecule has 2 fully saturated rings. The largest absolute Gasteiger partial charge is 0.507 e. The number of ketones is 1. The highest BCUT2D eigenvalue weighted by Crippen LogP contribution is 2.43. The van der Waals surface area contributed by atoms with Crippen molar-refractivity contribution in [3.05, 3.63) is 53.1 Å². The Labute approximate surface area is 221 Å². The Morgan fingerprint density at radius 3 is 2.61 bits per heavy atom. The number of Topliss-reactive ketones (excluding diaryl/α,β-unsaturated/α-hetero) is 1. The molecule has 0 bridgehead atoms. The van der Waals surface area contributed by atoms with E-state index in [9.17, 15) is 14.7 Å². The fraction of sp³-hybridized carbons (Fsp3) is 0.448. The van der Waals surface area contributed by atoms with Crippen LogP contribution < -0.4 is 18.9 Å². The van der Waals surface area contributed by atoms with Gasteiger partial charge in [0.25, 0.3) is 11.7 Å². The van der Waals surface area contributed by atoms with Gasteiger partial charge in [-0.3, -0.25) is 9.59 Å². The van der Waals surface area contributed by atoms with Crippen LogP contribution in [-0.4, -0.2) is 67.9 Å². The van der Waals surface area contributed by atoms with Crippen LogP contribution in [0.2, 0.25) is 0 Å². The number of unbranched alkanes of at least 4 members (excludes halogenated alkanes) is 1. The normalized spacial score (nSPS) is 22.1. The first-order valence-electron chi connectivity index (χ1n) is 13.1. The van der Waals surface area contributed by atoms with Crippen molar-refractivity contribution in [3.63, 3.8) is 0 Å². The summed E-state index contributed by atoms with van der Waals surface area (Å²) in [6.45, 7) is 4.32. The van der Waals surface area contributed by atoms with E-state index < -0.39 is 17.7 Å². The van der Waals surface area contributed by atoms with E-state index in [1.165, 1.54) is 4.90 Å². The van der Waals surface area contributed by atoms with Gasteiger partial charge in [-0.2, -0.15) is 0 Å². The molecule has 2 atom stereocenters. The first-order chi connectivity index (χ1) is 18.5. The number of aliphatic hydroxyl groups excluding tert-OH is 1. The predicted octanol–water partition coefficient (Wildman–Crippen LogP) is 4.25. The standard InChI is InChI=1S/C29H33NO8/c1-3-4-11-36-21-9-7-18(15-23(21)34-2)26-25(28(32)29(33)30(26)17-20-6-5-12-35-20)27(31)19-8-10-22-24(16-19)38-14-13-37-22/h7-10,15-16,20,26,31H,3-6,11-14,17H2,1-2H3/b27-25+. The van der Waals surface area contributed by atoms with Crippen molar-refractivity contribution in [2.24, 2.45) is 0 Å². The van der Waals surface area contributed by atoms with E-state index in [2.05, 4.69) is 6.92 Å². The second-order valence-corrected chi connectivity index (χ2v) is 9.56. The second kappa shape index (κ2) is 11.3. The molecular formula is C29H33NO8. The zero-order valence-corrected chi connectivity index (χ0v) is 21.7. The summed E-state index contributed by atoms with van der Waals surface area (Å²) in [7, 11) is 1.55. The van der Waals surface area contributed by atoms with E-state index in [4.69, 9.17) is 23.7 Å². The molecule has 0 radical (unpaired) electrons. The second-order valence-electron chi connectivity index (χ2n) is 9.56. The fourth-order valence-corrected chi connectivity index (χ4v) is 5.07. The van der Waals surface area contributed by atoms with Gasteiger partial charge in [-0.25, -0.2) is 0 Å². The Bertz CT molecular complexity index is 1230. The number of amides is 1. The molecule has 2 unspecified atom stereocenters. The number of ether oxygens (including phenoxy) is 5. The molecule has 2 aromatic rings. The number of methoxy groups -OCH3 is 1. The summed E-state index contributed by atoms with van der Waals surface area (Å²) in [4.78, 5) is 28.2. The van der Waals surface area contributed by atoms with Gasteiger partial charge >= 0.3 is 0 Å². The van der Waals surface area contributed by atoms with Crippen LogP contribution in [0.15, 0.2) is 42.0 Å². The van der Waals surface area contributed by atoms with Gasteiger partial charge in [0, 0.05) is 18.7 Å². The van der Waals surface area contributed by atoms with Gasteiger partial charge in [-0.05, 0) is 55.2 Å². The molecule has 9 heteroatoms. The molecule has 9 nitrogen and oxygen atoms in total. The monoisotopic (exact) mass is 523 g/mol. The SMILES string of the molecule is CCCCOc1ccc(C2/C(=C(\O)c3ccc4c(c3)OCCO4)C(=O)C(=O)N2CC2CCCO2)cc1OC. The molecule has 3 aliphatic rings. The number of carbonyl (C=O) groups excluding carboxylic acids is 2. The number of nitrogens with zero attached hydrogens (tertiary/aromatic N) is 1. The smallest absolute Gasteiger partial charge is 0.295 e. The van der Waals surface area contributed by atoms with Gasteiger partial charge in [0.2, 0.25) is 0 Å². The highest BCUT2D eigenvalue weighted by molar-refractivity contribution is 6.46. The number of hydrogen-bond donors (Lipinski definition) is 1. The Morgan fingerprint density at radius 2 is 1.87 bits per heavy atom. The van der Waals surface area contributed by atoms with Gasteiger partial charge in [0.15, 0.2) is 23.0 Å². The van der Waals surface area contributed by atoms with Crippen molar-refractivity contribution < 1.29 is 38.4 Å². The summed E-state index contributed by atoms with van der Waals surface area (Å²) < 4.78 is 28.5. The lowest BCUT2D eigenvalue weighted by Gasteiger charge is -2.28. The van der Waals surface area contributed by atoms with E-state index in [1.807, 2.05) is 0 Å². The van der Waals surface area contributed by atoms with Crippen LogP contribution in [0.3, 0.4) is 0 Å². The Hall–Kier alpha value is -3.72. The van der Waals surface area contributed by atoms with Crippen LogP contribution in [0.1, 0.15) is 49.8 Å². The Kier molecular flexibility index (Phi) is 7.74. The van der Waals surface area contributed by atoms with Gasteiger partial charge in [-0.15, -0.1) is 0 Å². The topological polar surface area (TPSA) is 104 Å². The van der Waals surface area contributed by atoms with Crippen molar-refractivity contribution in [1.29, 1.82) is 0 Å². The highest BCUT2D eigenvalue weighted by atomic mass is 16.6. The molecule has 2 aromatic carbocycles. The molecular weight excluding hydrogens is 490 g/mol. The van der Waals surface area contributed by atoms with Gasteiger partial charge in [0.05, 0.1) is 31.4 Å². The van der Waals surface area contributed by atoms with Gasteiger partial charge in [-0.1, -0.05) is 19.4 Å². The molecule has 202 valence electrons. The maximum absolute atomic E-state index is 13.4. The van der Waals surface area contributed by atoms with Crippen molar-refractivity contribution >= 4 is 17.4 Å². The minimum Gasteiger partial charge on any atom is -0.507 e. The molecule has 5 rings (SSSR count). The number of likely N-dealkylation sites (tertiary alicyclic amines) is 1. The highest BCUT2D eigenvalue weighted by Gasteiger charge is 2.47. The summed E-state index contributed by atoms with van der Waals surface area (Å²) in [6.07, 6.45) is 3.42. The maximum atomic E-state index is 13.4. The van der Waals surface area contributed by atoms with Crippen LogP contribution >= 0.6 is 0 Å².